The van der Waals surface area contributed by atoms with E-state index in [1.165, 1.54) is 64.2 Å². The van der Waals surface area contributed by atoms with Gasteiger partial charge in [0.15, 0.2) is 11.9 Å². The van der Waals surface area contributed by atoms with E-state index in [9.17, 15) is 0 Å². The first-order valence-electron chi connectivity index (χ1n) is 8.50. The van der Waals surface area contributed by atoms with E-state index in [1.807, 2.05) is 22.8 Å². The molecule has 0 aromatic carbocycles. The Balaban J connectivity index is 1.86. The molecule has 22 heavy (non-hydrogen) atoms. The van der Waals surface area contributed by atoms with Crippen molar-refractivity contribution in [3.05, 3.63) is 0 Å². The molecule has 8 heteroatoms. The summed E-state index contributed by atoms with van der Waals surface area (Å²) in [7, 11) is 0. The van der Waals surface area contributed by atoms with Crippen molar-refractivity contribution in [1.82, 2.24) is 8.88 Å². The van der Waals surface area contributed by atoms with Crippen LogP contribution in [0.25, 0.3) is 0 Å². The molecule has 0 bridgehead atoms. The normalized spacial score (nSPS) is 39.8. The standard InChI is InChI=1S/C14H28N2P2S4/c1-21-17(19)15(13-9-5-3-6-10-13)18(20,22-2)16(17)14-11-7-4-8-12-14/h13-14H,3-12H2,1-2H3. The Bertz CT molecular complexity index is 345. The SMILES string of the molecule is CS[P+]1([S-])N(C2CCCCC2)[P+]([S-])(SC)N1C1CCCCC1. The van der Waals surface area contributed by atoms with Crippen molar-refractivity contribution in [3.8, 4) is 0 Å². The van der Waals surface area contributed by atoms with Gasteiger partial charge in [-0.3, -0.25) is 0 Å². The highest BCUT2D eigenvalue weighted by Crippen LogP contribution is 3.04. The maximum Gasteiger partial charge on any atom is 0.172 e. The predicted octanol–water partition coefficient (Wildman–Crippen LogP) is 6.44. The highest BCUT2D eigenvalue weighted by molar-refractivity contribution is 8.96. The Kier molecular flexibility index (Phi) is 6.74. The lowest BCUT2D eigenvalue weighted by Crippen LogP contribution is -2.54. The van der Waals surface area contributed by atoms with Gasteiger partial charge in [-0.2, -0.15) is 0 Å². The zero-order valence-electron chi connectivity index (χ0n) is 13.6. The first kappa shape index (κ1) is 19.0. The molecule has 1 aliphatic heterocycles. The fraction of sp³-hybridized carbons (Fsp3) is 1.00. The number of hydrogen-bond acceptors (Lipinski definition) is 6. The van der Waals surface area contributed by atoms with Gasteiger partial charge < -0.3 is 24.5 Å². The van der Waals surface area contributed by atoms with Crippen LogP contribution in [0.1, 0.15) is 64.2 Å². The van der Waals surface area contributed by atoms with Gasteiger partial charge in [0, 0.05) is 35.3 Å². The Morgan fingerprint density at radius 1 is 0.682 bits per heavy atom. The van der Waals surface area contributed by atoms with Crippen LogP contribution >= 0.6 is 34.7 Å². The lowest BCUT2D eigenvalue weighted by molar-refractivity contribution is 0.284. The number of nitrogens with zero attached hydrogens (tertiary/aromatic N) is 2. The van der Waals surface area contributed by atoms with Crippen molar-refractivity contribution in [3.63, 3.8) is 0 Å². The van der Waals surface area contributed by atoms with E-state index in [2.05, 4.69) is 21.4 Å². The Hall–Kier alpha value is 2.18. The smallest absolute Gasteiger partial charge is 0.172 e. The third-order valence-electron chi connectivity index (χ3n) is 5.31. The highest BCUT2D eigenvalue weighted by Gasteiger charge is 2.74. The Labute approximate surface area is 156 Å². The van der Waals surface area contributed by atoms with Gasteiger partial charge >= 0.3 is 0 Å². The van der Waals surface area contributed by atoms with Crippen LogP contribution in [0.3, 0.4) is 0 Å². The molecule has 3 aliphatic rings. The van der Waals surface area contributed by atoms with Gasteiger partial charge in [-0.05, 0) is 34.6 Å². The quantitative estimate of drug-likeness (QED) is 0.383. The van der Waals surface area contributed by atoms with Crippen LogP contribution in [0, 0.1) is 0 Å². The van der Waals surface area contributed by atoms with Gasteiger partial charge in [-0.15, -0.1) is 0 Å². The summed E-state index contributed by atoms with van der Waals surface area (Å²) < 4.78 is 5.49. The van der Waals surface area contributed by atoms with E-state index in [-0.39, 0.29) is 0 Å². The lowest BCUT2D eigenvalue weighted by atomic mass is 9.96. The third kappa shape index (κ3) is 3.15. The number of rotatable bonds is 4. The van der Waals surface area contributed by atoms with Crippen LogP contribution in [0.4, 0.5) is 0 Å². The Morgan fingerprint density at radius 3 is 1.27 bits per heavy atom. The molecule has 0 spiro atoms. The lowest BCUT2D eigenvalue weighted by Gasteiger charge is -2.66. The molecule has 0 unspecified atom stereocenters. The van der Waals surface area contributed by atoms with E-state index >= 15 is 0 Å². The Morgan fingerprint density at radius 2 is 1.00 bits per heavy atom. The molecular weight excluding hydrogens is 386 g/mol. The molecule has 1 saturated heterocycles. The largest absolute Gasteiger partial charge is 0.498 e. The molecule has 1 heterocycles. The molecule has 128 valence electrons. The van der Waals surface area contributed by atoms with Crippen LogP contribution < -0.4 is 0 Å². The first-order chi connectivity index (χ1) is 10.6. The topological polar surface area (TPSA) is 6.48 Å². The van der Waals surface area contributed by atoms with Crippen LogP contribution in [0.5, 0.6) is 0 Å². The molecule has 0 N–H and O–H groups in total. The van der Waals surface area contributed by atoms with Gasteiger partial charge in [-0.1, -0.05) is 38.5 Å². The minimum absolute atomic E-state index is 0.685. The van der Waals surface area contributed by atoms with Gasteiger partial charge in [-0.25, -0.2) is 0 Å². The summed E-state index contributed by atoms with van der Waals surface area (Å²) in [5, 5.41) is 0. The van der Waals surface area contributed by atoms with E-state index in [1.54, 1.807) is 0 Å². The minimum Gasteiger partial charge on any atom is -0.498 e. The zero-order valence-corrected chi connectivity index (χ0v) is 18.7. The summed E-state index contributed by atoms with van der Waals surface area (Å²) >= 11 is 16.6. The van der Waals surface area contributed by atoms with Crippen molar-refractivity contribution >= 4 is 59.2 Å². The summed E-state index contributed by atoms with van der Waals surface area (Å²) in [6, 6.07) is 1.37. The molecular formula is C14H28N2P2S4. The molecule has 2 saturated carbocycles. The van der Waals surface area contributed by atoms with Crippen LogP contribution in [0.15, 0.2) is 0 Å². The van der Waals surface area contributed by atoms with E-state index < -0.39 is 11.9 Å². The first-order valence-corrected chi connectivity index (χ1v) is 17.6. The van der Waals surface area contributed by atoms with Gasteiger partial charge in [0.1, 0.15) is 0 Å². The van der Waals surface area contributed by atoms with E-state index in [4.69, 9.17) is 24.5 Å². The molecule has 0 aromatic heterocycles. The van der Waals surface area contributed by atoms with Crippen molar-refractivity contribution in [2.45, 2.75) is 76.3 Å². The zero-order chi connectivity index (χ0) is 15.8. The van der Waals surface area contributed by atoms with Crippen LogP contribution in [-0.2, 0) is 24.5 Å². The van der Waals surface area contributed by atoms with E-state index in [0.717, 1.165) is 0 Å². The summed E-state index contributed by atoms with van der Waals surface area (Å²) in [6.07, 6.45) is 18.1. The fourth-order valence-electron chi connectivity index (χ4n) is 4.23. The maximum atomic E-state index is 6.33. The molecule has 0 atom stereocenters. The highest BCUT2D eigenvalue weighted by atomic mass is 33.1. The molecule has 0 amide bonds. The fourth-order valence-corrected chi connectivity index (χ4v) is 29.4. The molecule has 0 radical (unpaired) electrons. The maximum absolute atomic E-state index is 6.33. The summed E-state index contributed by atoms with van der Waals surface area (Å²) in [4.78, 5) is 0. The molecule has 2 aliphatic carbocycles. The second-order valence-corrected chi connectivity index (χ2v) is 21.3. The molecule has 3 rings (SSSR count). The predicted molar refractivity (Wildman–Crippen MR) is 113 cm³/mol. The summed E-state index contributed by atoms with van der Waals surface area (Å²) in [5.74, 6) is -3.26. The molecule has 3 fully saturated rings. The summed E-state index contributed by atoms with van der Waals surface area (Å²) in [5.41, 5.74) is 0. The van der Waals surface area contributed by atoms with Gasteiger partial charge in [0.05, 0.1) is 12.1 Å². The van der Waals surface area contributed by atoms with Crippen molar-refractivity contribution < 1.29 is 0 Å². The van der Waals surface area contributed by atoms with Gasteiger partial charge in [0.25, 0.3) is 0 Å². The third-order valence-corrected chi connectivity index (χ3v) is 25.4. The van der Waals surface area contributed by atoms with Crippen LogP contribution in [-0.4, -0.2) is 33.5 Å². The monoisotopic (exact) mass is 414 g/mol. The molecule has 2 nitrogen and oxygen atoms in total. The average molecular weight is 415 g/mol. The second kappa shape index (κ2) is 7.82. The van der Waals surface area contributed by atoms with Crippen molar-refractivity contribution in [2.24, 2.45) is 0 Å². The second-order valence-electron chi connectivity index (χ2n) is 6.57. The van der Waals surface area contributed by atoms with Gasteiger partial charge in [0.2, 0.25) is 0 Å². The average Bonchev–Trinajstić information content (AvgIpc) is 2.56. The van der Waals surface area contributed by atoms with Crippen LogP contribution in [0.2, 0.25) is 0 Å². The minimum atomic E-state index is -1.63. The molecule has 0 aromatic rings. The van der Waals surface area contributed by atoms with Crippen molar-refractivity contribution in [1.29, 1.82) is 0 Å². The van der Waals surface area contributed by atoms with Crippen molar-refractivity contribution in [2.75, 3.05) is 12.5 Å². The van der Waals surface area contributed by atoms with E-state index in [0.29, 0.717) is 12.1 Å². The number of hydrogen-bond donors (Lipinski definition) is 0. The summed E-state index contributed by atoms with van der Waals surface area (Å²) in [6.45, 7) is 0.